The van der Waals surface area contributed by atoms with E-state index in [0.29, 0.717) is 6.61 Å². The second-order valence-electron chi connectivity index (χ2n) is 13.0. The maximum absolute atomic E-state index is 14.2. The van der Waals surface area contributed by atoms with E-state index in [9.17, 15) is 4.79 Å². The van der Waals surface area contributed by atoms with Crippen LogP contribution in [0.4, 0.5) is 4.79 Å². The van der Waals surface area contributed by atoms with Gasteiger partial charge in [-0.3, -0.25) is 9.89 Å². The molecule has 2 fully saturated rings. The van der Waals surface area contributed by atoms with Gasteiger partial charge in [-0.25, -0.2) is 4.79 Å². The van der Waals surface area contributed by atoms with Gasteiger partial charge in [0.2, 0.25) is 0 Å². The van der Waals surface area contributed by atoms with Gasteiger partial charge in [0.05, 0.1) is 12.6 Å². The lowest BCUT2D eigenvalue weighted by molar-refractivity contribution is 0.102. The summed E-state index contributed by atoms with van der Waals surface area (Å²) in [5.74, 6) is 1.04. The molecule has 0 N–H and O–H groups in total. The van der Waals surface area contributed by atoms with Crippen LogP contribution in [0.5, 0.6) is 0 Å². The summed E-state index contributed by atoms with van der Waals surface area (Å²) in [4.78, 5) is 21.6. The van der Waals surface area contributed by atoms with E-state index in [0.717, 1.165) is 33.8 Å². The van der Waals surface area contributed by atoms with E-state index in [1.165, 1.54) is 69.5 Å². The number of ether oxygens (including phenoxy) is 1. The maximum Gasteiger partial charge on any atom is 0.416 e. The molecule has 2 saturated carbocycles. The first-order valence-electron chi connectivity index (χ1n) is 16.6. The van der Waals surface area contributed by atoms with Crippen LogP contribution >= 0.6 is 7.92 Å². The molecule has 5 heteroatoms. The lowest BCUT2D eigenvalue weighted by Crippen LogP contribution is -2.40. The van der Waals surface area contributed by atoms with Crippen molar-refractivity contribution in [2.45, 2.75) is 101 Å². The van der Waals surface area contributed by atoms with Gasteiger partial charge >= 0.3 is 6.09 Å². The SMILES string of the molecule is CC(C)COC(=O)N1C(c2ccccc2P(C2CCCCC2)C2CCCCC2)=N[C@H](c2ccccc2)[C@H]1c1ccccc1. The summed E-state index contributed by atoms with van der Waals surface area (Å²) in [6.45, 7) is 4.56. The molecule has 0 unspecified atom stereocenters. The molecule has 2 atom stereocenters. The van der Waals surface area contributed by atoms with Crippen LogP contribution in [-0.4, -0.2) is 34.8 Å². The van der Waals surface area contributed by atoms with Gasteiger partial charge in [-0.05, 0) is 59.4 Å². The van der Waals surface area contributed by atoms with Crippen molar-refractivity contribution >= 4 is 25.2 Å². The van der Waals surface area contributed by atoms with Crippen molar-refractivity contribution in [3.63, 3.8) is 0 Å². The van der Waals surface area contributed by atoms with Gasteiger partial charge in [0, 0.05) is 5.56 Å². The molecule has 0 radical (unpaired) electrons. The Hall–Kier alpha value is -2.97. The summed E-state index contributed by atoms with van der Waals surface area (Å²) < 4.78 is 6.02. The number of amidine groups is 1. The van der Waals surface area contributed by atoms with Crippen LogP contribution < -0.4 is 5.30 Å². The number of amides is 1. The number of hydrogen-bond acceptors (Lipinski definition) is 3. The second-order valence-corrected chi connectivity index (χ2v) is 15.8. The first-order chi connectivity index (χ1) is 21.1. The van der Waals surface area contributed by atoms with Crippen molar-refractivity contribution in [3.05, 3.63) is 102 Å². The third kappa shape index (κ3) is 6.75. The van der Waals surface area contributed by atoms with Crippen LogP contribution in [0.1, 0.15) is 107 Å². The number of carbonyl (C=O) groups excluding carboxylic acids is 1. The Kier molecular flexibility index (Phi) is 9.94. The highest BCUT2D eigenvalue weighted by molar-refractivity contribution is 7.67. The Morgan fingerprint density at radius 3 is 1.88 bits per heavy atom. The minimum Gasteiger partial charge on any atom is -0.449 e. The van der Waals surface area contributed by atoms with E-state index >= 15 is 0 Å². The summed E-state index contributed by atoms with van der Waals surface area (Å²) in [6.07, 6.45) is 13.2. The predicted octanol–water partition coefficient (Wildman–Crippen LogP) is 9.80. The van der Waals surface area contributed by atoms with E-state index in [1.807, 2.05) is 17.0 Å². The van der Waals surface area contributed by atoms with Gasteiger partial charge in [0.15, 0.2) is 0 Å². The zero-order chi connectivity index (χ0) is 29.6. The average Bonchev–Trinajstić information content (AvgIpc) is 3.47. The Bertz CT molecular complexity index is 1340. The second kappa shape index (κ2) is 14.2. The molecule has 3 aromatic rings. The van der Waals surface area contributed by atoms with Crippen LogP contribution in [-0.2, 0) is 4.74 Å². The summed E-state index contributed by atoms with van der Waals surface area (Å²) in [5, 5.41) is 1.46. The number of rotatable bonds is 8. The van der Waals surface area contributed by atoms with Crippen molar-refractivity contribution in [2.24, 2.45) is 10.9 Å². The molecule has 1 heterocycles. The fourth-order valence-electron chi connectivity index (χ4n) is 7.43. The number of nitrogens with zero attached hydrogens (tertiary/aromatic N) is 2. The van der Waals surface area contributed by atoms with E-state index in [1.54, 1.807) is 0 Å². The Morgan fingerprint density at radius 1 is 0.767 bits per heavy atom. The quantitative estimate of drug-likeness (QED) is 0.244. The van der Waals surface area contributed by atoms with Crippen LogP contribution in [0, 0.1) is 5.92 Å². The fraction of sp³-hybridized carbons (Fsp3) is 0.474. The number of carbonyl (C=O) groups is 1. The van der Waals surface area contributed by atoms with Crippen molar-refractivity contribution in [3.8, 4) is 0 Å². The first kappa shape index (κ1) is 30.1. The highest BCUT2D eigenvalue weighted by Crippen LogP contribution is 2.56. The van der Waals surface area contributed by atoms with Gasteiger partial charge in [-0.1, -0.05) is 145 Å². The van der Waals surface area contributed by atoms with Crippen LogP contribution in [0.25, 0.3) is 0 Å². The lowest BCUT2D eigenvalue weighted by atomic mass is 9.94. The summed E-state index contributed by atoms with van der Waals surface area (Å²) in [5.41, 5.74) is 4.85. The van der Waals surface area contributed by atoms with E-state index < -0.39 is 0 Å². The van der Waals surface area contributed by atoms with Gasteiger partial charge in [0.1, 0.15) is 11.9 Å². The van der Waals surface area contributed by atoms with E-state index in [2.05, 4.69) is 86.6 Å². The number of benzene rings is 3. The molecule has 0 spiro atoms. The zero-order valence-electron chi connectivity index (χ0n) is 25.9. The van der Waals surface area contributed by atoms with Crippen LogP contribution in [0.15, 0.2) is 89.9 Å². The topological polar surface area (TPSA) is 41.9 Å². The average molecular weight is 595 g/mol. The van der Waals surface area contributed by atoms with Crippen LogP contribution in [0.2, 0.25) is 0 Å². The van der Waals surface area contributed by atoms with Crippen molar-refractivity contribution < 1.29 is 9.53 Å². The molecule has 1 amide bonds. The van der Waals surface area contributed by atoms with Gasteiger partial charge in [-0.15, -0.1) is 0 Å². The number of hydrogen-bond donors (Lipinski definition) is 0. The van der Waals surface area contributed by atoms with Gasteiger partial charge in [-0.2, -0.15) is 0 Å². The predicted molar refractivity (Wildman–Crippen MR) is 180 cm³/mol. The van der Waals surface area contributed by atoms with E-state index in [-0.39, 0.29) is 32.0 Å². The van der Waals surface area contributed by atoms with Crippen molar-refractivity contribution in [1.82, 2.24) is 4.90 Å². The molecular formula is C38H47N2O2P. The first-order valence-corrected chi connectivity index (χ1v) is 18.1. The van der Waals surface area contributed by atoms with Crippen molar-refractivity contribution in [2.75, 3.05) is 6.61 Å². The highest BCUT2D eigenvalue weighted by atomic mass is 31.1. The molecule has 2 aliphatic carbocycles. The Morgan fingerprint density at radius 2 is 1.30 bits per heavy atom. The molecule has 3 aromatic carbocycles. The standard InChI is InChI=1S/C38H47N2O2P/c1-28(2)27-42-38(41)40-36(30-19-9-4-10-20-30)35(29-17-7-3-8-18-29)39-37(40)33-25-15-16-26-34(33)43(31-21-11-5-12-22-31)32-23-13-6-14-24-32/h3-4,7-10,15-20,25-26,28,31-32,35-36H,5-6,11-14,21-24,27H2,1-2H3/t35-,36-/m1/s1. The van der Waals surface area contributed by atoms with Gasteiger partial charge < -0.3 is 4.74 Å². The monoisotopic (exact) mass is 594 g/mol. The largest absolute Gasteiger partial charge is 0.449 e. The zero-order valence-corrected chi connectivity index (χ0v) is 26.8. The van der Waals surface area contributed by atoms with Crippen LogP contribution in [0.3, 0.4) is 0 Å². The summed E-state index contributed by atoms with van der Waals surface area (Å²) in [7, 11) is -0.382. The molecule has 0 saturated heterocycles. The smallest absolute Gasteiger partial charge is 0.416 e. The molecular weight excluding hydrogens is 547 g/mol. The molecule has 0 bridgehead atoms. The molecule has 0 aromatic heterocycles. The van der Waals surface area contributed by atoms with Crippen molar-refractivity contribution in [1.29, 1.82) is 0 Å². The third-order valence-electron chi connectivity index (χ3n) is 9.45. The Balaban J connectivity index is 1.49. The molecule has 226 valence electrons. The summed E-state index contributed by atoms with van der Waals surface area (Å²) >= 11 is 0. The fourth-order valence-corrected chi connectivity index (χ4v) is 11.4. The molecule has 1 aliphatic heterocycles. The normalized spacial score (nSPS) is 21.8. The third-order valence-corrected chi connectivity index (χ3v) is 13.0. The lowest BCUT2D eigenvalue weighted by Gasteiger charge is -2.40. The number of aliphatic imine (C=N–C) groups is 1. The molecule has 43 heavy (non-hydrogen) atoms. The summed E-state index contributed by atoms with van der Waals surface area (Å²) in [6, 6.07) is 29.4. The highest BCUT2D eigenvalue weighted by Gasteiger charge is 2.45. The maximum atomic E-state index is 14.2. The minimum absolute atomic E-state index is 0.214. The van der Waals surface area contributed by atoms with Gasteiger partial charge in [0.25, 0.3) is 0 Å². The molecule has 6 rings (SSSR count). The minimum atomic E-state index is -0.382. The molecule has 3 aliphatic rings. The molecule has 4 nitrogen and oxygen atoms in total. The van der Waals surface area contributed by atoms with E-state index in [4.69, 9.17) is 9.73 Å². The Labute approximate surface area is 259 Å².